The molecule has 1 aromatic rings. The van der Waals surface area contributed by atoms with Crippen LogP contribution in [0.15, 0.2) is 6.07 Å². The largest absolute Gasteiger partial charge is 0.480 e. The van der Waals surface area contributed by atoms with E-state index in [1.807, 2.05) is 19.9 Å². The lowest BCUT2D eigenvalue weighted by Gasteiger charge is -2.26. The zero-order valence-electron chi connectivity index (χ0n) is 11.9. The summed E-state index contributed by atoms with van der Waals surface area (Å²) < 4.78 is 0. The van der Waals surface area contributed by atoms with Crippen LogP contribution in [0.5, 0.6) is 0 Å². The number of carboxylic acids is 1. The first-order valence-corrected chi connectivity index (χ1v) is 8.62. The Labute approximate surface area is 127 Å². The lowest BCUT2D eigenvalue weighted by atomic mass is 10.2. The number of hydrogen-bond donors (Lipinski definition) is 1. The highest BCUT2D eigenvalue weighted by Crippen LogP contribution is 2.34. The summed E-state index contributed by atoms with van der Waals surface area (Å²) >= 11 is 3.04. The van der Waals surface area contributed by atoms with Gasteiger partial charge >= 0.3 is 5.97 Å². The lowest BCUT2D eigenvalue weighted by molar-refractivity contribution is -0.141. The van der Waals surface area contributed by atoms with Crippen LogP contribution in [0.4, 0.5) is 0 Å². The molecule has 4 nitrogen and oxygen atoms in total. The van der Waals surface area contributed by atoms with E-state index in [9.17, 15) is 14.7 Å². The van der Waals surface area contributed by atoms with E-state index in [1.165, 1.54) is 16.2 Å². The van der Waals surface area contributed by atoms with Crippen LogP contribution in [-0.4, -0.2) is 39.1 Å². The Morgan fingerprint density at radius 1 is 1.45 bits per heavy atom. The number of hydrogen-bond acceptors (Lipinski definition) is 4. The molecule has 1 aliphatic heterocycles. The van der Waals surface area contributed by atoms with Crippen molar-refractivity contribution in [1.29, 1.82) is 0 Å². The number of carboxylic acid groups (broad SMARTS) is 1. The van der Waals surface area contributed by atoms with Gasteiger partial charge in [-0.05, 0) is 31.4 Å². The highest BCUT2D eigenvalue weighted by molar-refractivity contribution is 8.00. The van der Waals surface area contributed by atoms with Crippen molar-refractivity contribution < 1.29 is 14.7 Å². The summed E-state index contributed by atoms with van der Waals surface area (Å²) in [5.41, 5.74) is 1.12. The normalized spacial score (nSPS) is 22.2. The van der Waals surface area contributed by atoms with Crippen LogP contribution < -0.4 is 0 Å². The minimum atomic E-state index is -0.911. The van der Waals surface area contributed by atoms with Gasteiger partial charge in [-0.2, -0.15) is 0 Å². The van der Waals surface area contributed by atoms with Crippen LogP contribution >= 0.6 is 23.1 Å². The number of aliphatic carboxylic acids is 1. The molecule has 1 aromatic heterocycles. The molecule has 0 aliphatic carbocycles. The molecule has 2 unspecified atom stereocenters. The number of nitrogens with zero attached hydrogens (tertiary/aromatic N) is 1. The molecule has 1 fully saturated rings. The second-order valence-electron chi connectivity index (χ2n) is 4.83. The molecule has 2 atom stereocenters. The molecule has 6 heteroatoms. The Morgan fingerprint density at radius 2 is 2.15 bits per heavy atom. The minimum absolute atomic E-state index is 0.0314. The van der Waals surface area contributed by atoms with Crippen molar-refractivity contribution in [1.82, 2.24) is 4.90 Å². The van der Waals surface area contributed by atoms with Gasteiger partial charge in [0.15, 0.2) is 0 Å². The molecule has 2 rings (SSSR count). The van der Waals surface area contributed by atoms with Gasteiger partial charge in [0.25, 0.3) is 5.91 Å². The van der Waals surface area contributed by atoms with Gasteiger partial charge in [0.2, 0.25) is 0 Å². The van der Waals surface area contributed by atoms with E-state index < -0.39 is 12.0 Å². The molecule has 0 bridgehead atoms. The first-order valence-electron chi connectivity index (χ1n) is 6.75. The molecule has 0 aromatic carbocycles. The van der Waals surface area contributed by atoms with Gasteiger partial charge in [0, 0.05) is 10.6 Å². The SMILES string of the molecule is CCc1sc(C(=O)N2C(CC)SCC2C(=O)O)cc1C. The second kappa shape index (κ2) is 6.18. The fourth-order valence-electron chi connectivity index (χ4n) is 2.44. The molecular formula is C14H19NO3S2. The number of rotatable bonds is 4. The Balaban J connectivity index is 2.30. The van der Waals surface area contributed by atoms with Gasteiger partial charge < -0.3 is 10.0 Å². The lowest BCUT2D eigenvalue weighted by Crippen LogP contribution is -2.45. The van der Waals surface area contributed by atoms with Gasteiger partial charge in [-0.25, -0.2) is 4.79 Å². The Kier molecular flexibility index (Phi) is 4.75. The summed E-state index contributed by atoms with van der Waals surface area (Å²) in [6.07, 6.45) is 1.67. The molecule has 1 amide bonds. The van der Waals surface area contributed by atoms with Crippen LogP contribution in [0.3, 0.4) is 0 Å². The molecule has 1 saturated heterocycles. The third kappa shape index (κ3) is 2.72. The Morgan fingerprint density at radius 3 is 2.65 bits per heavy atom. The van der Waals surface area contributed by atoms with Crippen LogP contribution in [0.2, 0.25) is 0 Å². The molecule has 110 valence electrons. The summed E-state index contributed by atoms with van der Waals surface area (Å²) in [5.74, 6) is -0.572. The minimum Gasteiger partial charge on any atom is -0.480 e. The monoisotopic (exact) mass is 313 g/mol. The predicted molar refractivity (Wildman–Crippen MR) is 82.6 cm³/mol. The Bertz CT molecular complexity index is 526. The number of carbonyl (C=O) groups excluding carboxylic acids is 1. The summed E-state index contributed by atoms with van der Waals surface area (Å²) in [6, 6.07) is 1.19. The topological polar surface area (TPSA) is 57.6 Å². The number of amides is 1. The smallest absolute Gasteiger partial charge is 0.327 e. The van der Waals surface area contributed by atoms with Crippen molar-refractivity contribution in [3.8, 4) is 0 Å². The van der Waals surface area contributed by atoms with Gasteiger partial charge in [0.1, 0.15) is 6.04 Å². The standard InChI is InChI=1S/C14H19NO3S2/c1-4-10-8(3)6-11(20-10)13(16)15-9(14(17)18)7-19-12(15)5-2/h6,9,12H,4-5,7H2,1-3H3,(H,17,18). The van der Waals surface area contributed by atoms with Crippen molar-refractivity contribution in [3.63, 3.8) is 0 Å². The van der Waals surface area contributed by atoms with Crippen molar-refractivity contribution in [2.75, 3.05) is 5.75 Å². The molecule has 1 N–H and O–H groups in total. The molecule has 0 saturated carbocycles. The maximum atomic E-state index is 12.7. The number of thiophene rings is 1. The zero-order chi connectivity index (χ0) is 14.9. The first-order chi connectivity index (χ1) is 9.49. The van der Waals surface area contributed by atoms with Crippen molar-refractivity contribution >= 4 is 35.0 Å². The van der Waals surface area contributed by atoms with Gasteiger partial charge in [0.05, 0.1) is 10.3 Å². The van der Waals surface area contributed by atoms with E-state index >= 15 is 0 Å². The van der Waals surface area contributed by atoms with E-state index in [4.69, 9.17) is 0 Å². The fourth-order valence-corrected chi connectivity index (χ4v) is 4.85. The molecule has 0 spiro atoms. The van der Waals surface area contributed by atoms with Crippen molar-refractivity contribution in [2.45, 2.75) is 45.0 Å². The third-order valence-electron chi connectivity index (χ3n) is 3.51. The second-order valence-corrected chi connectivity index (χ2v) is 7.18. The average molecular weight is 313 g/mol. The van der Waals surface area contributed by atoms with Gasteiger partial charge in [-0.3, -0.25) is 4.79 Å². The molecular weight excluding hydrogens is 294 g/mol. The highest BCUT2D eigenvalue weighted by Gasteiger charge is 2.41. The van der Waals surface area contributed by atoms with Gasteiger partial charge in [-0.15, -0.1) is 23.1 Å². The van der Waals surface area contributed by atoms with E-state index in [-0.39, 0.29) is 11.3 Å². The van der Waals surface area contributed by atoms with E-state index in [0.717, 1.165) is 18.4 Å². The summed E-state index contributed by atoms with van der Waals surface area (Å²) in [4.78, 5) is 27.4. The molecule has 20 heavy (non-hydrogen) atoms. The first kappa shape index (κ1) is 15.4. The maximum absolute atomic E-state index is 12.7. The molecule has 0 radical (unpaired) electrons. The predicted octanol–water partition coefficient (Wildman–Crippen LogP) is 3.00. The highest BCUT2D eigenvalue weighted by atomic mass is 32.2. The van der Waals surface area contributed by atoms with Crippen LogP contribution in [0, 0.1) is 6.92 Å². The molecule has 2 heterocycles. The van der Waals surface area contributed by atoms with Gasteiger partial charge in [-0.1, -0.05) is 13.8 Å². The number of thioether (sulfide) groups is 1. The number of aryl methyl sites for hydroxylation is 2. The van der Waals surface area contributed by atoms with Crippen LogP contribution in [-0.2, 0) is 11.2 Å². The summed E-state index contributed by atoms with van der Waals surface area (Å²) in [6.45, 7) is 6.05. The number of carbonyl (C=O) groups is 2. The average Bonchev–Trinajstić information content (AvgIpc) is 3.00. The Hall–Kier alpha value is -1.01. The quantitative estimate of drug-likeness (QED) is 0.928. The maximum Gasteiger partial charge on any atom is 0.327 e. The summed E-state index contributed by atoms with van der Waals surface area (Å²) in [7, 11) is 0. The van der Waals surface area contributed by atoms with E-state index in [0.29, 0.717) is 10.6 Å². The van der Waals surface area contributed by atoms with E-state index in [2.05, 4.69) is 6.92 Å². The van der Waals surface area contributed by atoms with Crippen molar-refractivity contribution in [3.05, 3.63) is 21.4 Å². The van der Waals surface area contributed by atoms with Crippen LogP contribution in [0.25, 0.3) is 0 Å². The van der Waals surface area contributed by atoms with E-state index in [1.54, 1.807) is 16.7 Å². The zero-order valence-corrected chi connectivity index (χ0v) is 13.5. The molecule has 1 aliphatic rings. The summed E-state index contributed by atoms with van der Waals surface area (Å²) in [5, 5.41) is 9.26. The third-order valence-corrected chi connectivity index (χ3v) is 6.34. The van der Waals surface area contributed by atoms with Crippen LogP contribution in [0.1, 0.15) is 40.4 Å². The van der Waals surface area contributed by atoms with Crippen molar-refractivity contribution in [2.24, 2.45) is 0 Å². The fraction of sp³-hybridized carbons (Fsp3) is 0.571.